The van der Waals surface area contributed by atoms with Gasteiger partial charge in [0.05, 0.1) is 59.8 Å². The average Bonchev–Trinajstić information content (AvgIpc) is 3.57. The highest BCUT2D eigenvalue weighted by molar-refractivity contribution is 7.09. The zero-order chi connectivity index (χ0) is 27.8. The molecule has 0 aliphatic heterocycles. The number of anilines is 3. The molecule has 5 rings (SSSR count). The van der Waals surface area contributed by atoms with Crippen molar-refractivity contribution in [2.45, 2.75) is 32.9 Å². The van der Waals surface area contributed by atoms with E-state index < -0.39 is 5.82 Å². The van der Waals surface area contributed by atoms with Gasteiger partial charge in [0.1, 0.15) is 17.8 Å². The summed E-state index contributed by atoms with van der Waals surface area (Å²) in [6.07, 6.45) is 3.27. The van der Waals surface area contributed by atoms with E-state index in [0.29, 0.717) is 33.0 Å². The van der Waals surface area contributed by atoms with Gasteiger partial charge in [0.15, 0.2) is 5.82 Å². The number of hydrogen-bond donors (Lipinski definition) is 2. The molecule has 1 atom stereocenters. The molecule has 0 radical (unpaired) electrons. The van der Waals surface area contributed by atoms with Gasteiger partial charge in [0.2, 0.25) is 0 Å². The molecule has 0 aliphatic rings. The molecule has 13 heteroatoms. The fraction of sp³-hybridized carbons (Fsp3) is 0.192. The molecule has 3 heterocycles. The van der Waals surface area contributed by atoms with Crippen LogP contribution in [0, 0.1) is 24.1 Å². The third-order valence-electron chi connectivity index (χ3n) is 6.05. The maximum atomic E-state index is 14.9. The number of aromatic nitrogens is 5. The zero-order valence-corrected chi connectivity index (χ0v) is 23.9. The molecule has 39 heavy (non-hydrogen) atoms. The van der Waals surface area contributed by atoms with E-state index in [1.54, 1.807) is 22.3 Å². The number of halogens is 4. The lowest BCUT2D eigenvalue weighted by atomic mass is 10.1. The minimum Gasteiger partial charge on any atom is -0.372 e. The number of aryl methyl sites for hydroxylation is 1. The van der Waals surface area contributed by atoms with Crippen molar-refractivity contribution >= 4 is 74.1 Å². The van der Waals surface area contributed by atoms with Crippen LogP contribution in [0.5, 0.6) is 0 Å². The summed E-state index contributed by atoms with van der Waals surface area (Å²) in [6, 6.07) is 8.31. The van der Waals surface area contributed by atoms with Crippen LogP contribution in [0.2, 0.25) is 15.1 Å². The van der Waals surface area contributed by atoms with Crippen molar-refractivity contribution in [3.05, 3.63) is 84.9 Å². The van der Waals surface area contributed by atoms with Gasteiger partial charge in [-0.1, -0.05) is 40.0 Å². The van der Waals surface area contributed by atoms with Gasteiger partial charge < -0.3 is 10.6 Å². The summed E-state index contributed by atoms with van der Waals surface area (Å²) in [5, 5.41) is 25.7. The zero-order valence-electron chi connectivity index (χ0n) is 20.8. The third kappa shape index (κ3) is 5.23. The Bertz CT molecular complexity index is 1740. The Balaban J connectivity index is 1.63. The Kier molecular flexibility index (Phi) is 7.60. The van der Waals surface area contributed by atoms with Crippen LogP contribution in [0.25, 0.3) is 10.9 Å². The van der Waals surface area contributed by atoms with E-state index >= 15 is 0 Å². The number of hydrogen-bond acceptors (Lipinski definition) is 8. The first-order valence-electron chi connectivity index (χ1n) is 11.7. The molecule has 8 nitrogen and oxygen atoms in total. The number of nitriles is 1. The lowest BCUT2D eigenvalue weighted by molar-refractivity contribution is 0.514. The number of fused-ring (bicyclic) bond motifs is 1. The third-order valence-corrected chi connectivity index (χ3v) is 8.11. The molecule has 2 aromatic carbocycles. The minimum absolute atomic E-state index is 0.0475. The van der Waals surface area contributed by atoms with Crippen LogP contribution in [-0.4, -0.2) is 25.0 Å². The summed E-state index contributed by atoms with van der Waals surface area (Å²) in [6.45, 7) is 5.97. The molecule has 0 saturated heterocycles. The van der Waals surface area contributed by atoms with Gasteiger partial charge in [0, 0.05) is 23.3 Å². The first-order chi connectivity index (χ1) is 18.7. The van der Waals surface area contributed by atoms with Crippen LogP contribution < -0.4 is 10.6 Å². The number of benzene rings is 2. The molecule has 2 N–H and O–H groups in total. The lowest BCUT2D eigenvalue weighted by Gasteiger charge is -2.19. The fourth-order valence-corrected chi connectivity index (χ4v) is 5.47. The first kappa shape index (κ1) is 27.1. The van der Waals surface area contributed by atoms with Gasteiger partial charge in [-0.25, -0.2) is 14.1 Å². The van der Waals surface area contributed by atoms with E-state index in [-0.39, 0.29) is 33.4 Å². The molecule has 0 spiro atoms. The van der Waals surface area contributed by atoms with E-state index in [1.165, 1.54) is 29.7 Å². The van der Waals surface area contributed by atoms with Gasteiger partial charge in [0.25, 0.3) is 0 Å². The highest BCUT2D eigenvalue weighted by atomic mass is 35.5. The van der Waals surface area contributed by atoms with Crippen LogP contribution >= 0.6 is 46.1 Å². The highest BCUT2D eigenvalue weighted by Gasteiger charge is 2.24. The van der Waals surface area contributed by atoms with Gasteiger partial charge in [-0.05, 0) is 45.0 Å². The van der Waals surface area contributed by atoms with E-state index in [1.807, 2.05) is 27.0 Å². The molecule has 0 saturated carbocycles. The first-order valence-corrected chi connectivity index (χ1v) is 13.7. The molecule has 1 unspecified atom stereocenters. The fourth-order valence-electron chi connectivity index (χ4n) is 4.02. The molecule has 0 amide bonds. The van der Waals surface area contributed by atoms with Gasteiger partial charge in [-0.2, -0.15) is 5.26 Å². The van der Waals surface area contributed by atoms with E-state index in [0.717, 1.165) is 10.6 Å². The number of nitrogens with zero attached hydrogens (tertiary/aromatic N) is 6. The summed E-state index contributed by atoms with van der Waals surface area (Å²) in [4.78, 5) is 9.74. The number of rotatable bonds is 7. The van der Waals surface area contributed by atoms with Gasteiger partial charge in [-0.3, -0.25) is 4.98 Å². The molecular weight excluding hydrogens is 582 g/mol. The quantitative estimate of drug-likeness (QED) is 0.182. The minimum atomic E-state index is -0.743. The van der Waals surface area contributed by atoms with Crippen molar-refractivity contribution in [3.63, 3.8) is 0 Å². The predicted octanol–water partition coefficient (Wildman–Crippen LogP) is 8.09. The summed E-state index contributed by atoms with van der Waals surface area (Å²) in [7, 11) is 0. The van der Waals surface area contributed by atoms with Crippen LogP contribution in [0.3, 0.4) is 0 Å². The Morgan fingerprint density at radius 3 is 2.59 bits per heavy atom. The number of thiazole rings is 1. The monoisotopic (exact) mass is 600 g/mol. The normalized spacial score (nSPS) is 12.1. The van der Waals surface area contributed by atoms with Crippen molar-refractivity contribution in [1.82, 2.24) is 25.0 Å². The molecule has 198 valence electrons. The molecule has 0 bridgehead atoms. The Labute approximate surface area is 242 Å². The lowest BCUT2D eigenvalue weighted by Crippen LogP contribution is -2.13. The summed E-state index contributed by atoms with van der Waals surface area (Å²) < 4.78 is 16.7. The number of pyridine rings is 1. The van der Waals surface area contributed by atoms with Crippen molar-refractivity contribution in [1.29, 1.82) is 5.26 Å². The van der Waals surface area contributed by atoms with Crippen molar-refractivity contribution in [2.24, 2.45) is 0 Å². The topological polar surface area (TPSA) is 104 Å². The summed E-state index contributed by atoms with van der Waals surface area (Å²) in [5.74, 6) is -0.743. The van der Waals surface area contributed by atoms with Crippen LogP contribution in [-0.2, 0) is 0 Å². The van der Waals surface area contributed by atoms with E-state index in [9.17, 15) is 9.65 Å². The largest absolute Gasteiger partial charge is 0.372 e. The molecule has 5 aromatic rings. The highest BCUT2D eigenvalue weighted by Crippen LogP contribution is 2.39. The van der Waals surface area contributed by atoms with Crippen LogP contribution in [0.4, 0.5) is 21.5 Å². The molecule has 3 aromatic heterocycles. The Morgan fingerprint density at radius 1 is 1.13 bits per heavy atom. The Hall–Kier alpha value is -3.49. The Morgan fingerprint density at radius 2 is 1.92 bits per heavy atom. The predicted molar refractivity (Wildman–Crippen MR) is 154 cm³/mol. The average molecular weight is 602 g/mol. The molecule has 0 aliphatic carbocycles. The van der Waals surface area contributed by atoms with Gasteiger partial charge in [-0.15, -0.1) is 16.4 Å². The second-order valence-electron chi connectivity index (χ2n) is 8.96. The summed E-state index contributed by atoms with van der Waals surface area (Å²) in [5.41, 5.74) is 4.95. The van der Waals surface area contributed by atoms with Crippen molar-refractivity contribution < 1.29 is 4.39 Å². The van der Waals surface area contributed by atoms with Crippen molar-refractivity contribution in [3.8, 4) is 6.07 Å². The second-order valence-corrected chi connectivity index (χ2v) is 11.0. The maximum absolute atomic E-state index is 14.9. The van der Waals surface area contributed by atoms with E-state index in [4.69, 9.17) is 34.8 Å². The van der Waals surface area contributed by atoms with E-state index in [2.05, 4.69) is 37.0 Å². The maximum Gasteiger partial charge on any atom is 0.166 e. The molecular formula is C26H20Cl3FN8S. The van der Waals surface area contributed by atoms with Crippen LogP contribution in [0.15, 0.2) is 42.2 Å². The smallest absolute Gasteiger partial charge is 0.166 e. The summed E-state index contributed by atoms with van der Waals surface area (Å²) >= 11 is 20.1. The van der Waals surface area contributed by atoms with Crippen LogP contribution in [0.1, 0.15) is 47.8 Å². The molecule has 0 fully saturated rings. The van der Waals surface area contributed by atoms with Crippen molar-refractivity contribution in [2.75, 3.05) is 10.6 Å². The number of nitrogens with one attached hydrogen (secondary N) is 2. The SMILES string of the molecule is Cc1ncsc1C(Nc1cc(Cl)c2ncc(C#N)c(Nc3ccc(Cl)c(Cl)c3F)c2c1)c1cn(C(C)C)nn1. The van der Waals surface area contributed by atoms with Gasteiger partial charge >= 0.3 is 0 Å². The standard InChI is InChI=1S/C26H20Cl3FN8S/c1-12(2)38-10-20(36-37-38)25(26-13(3)33-11-39-26)34-15-6-16-23(14(8-31)9-32-24(16)18(28)7-15)35-19-5-4-17(27)21(29)22(19)30/h4-7,9-12,25,34H,1-3H3,(H,32,35). The second kappa shape index (κ2) is 10.9.